The number of anilines is 2. The van der Waals surface area contributed by atoms with E-state index in [0.717, 1.165) is 0 Å². The van der Waals surface area contributed by atoms with E-state index in [9.17, 15) is 14.4 Å². The first kappa shape index (κ1) is 26.2. The summed E-state index contributed by atoms with van der Waals surface area (Å²) in [4.78, 5) is 39.0. The number of nitrogens with one attached hydrogen (secondary N) is 2. The van der Waals surface area contributed by atoms with E-state index in [-0.39, 0.29) is 51.9 Å². The van der Waals surface area contributed by atoms with Gasteiger partial charge in [-0.2, -0.15) is 0 Å². The first-order chi connectivity index (χ1) is 18.1. The topological polar surface area (TPSA) is 111 Å². The molecule has 3 atom stereocenters. The summed E-state index contributed by atoms with van der Waals surface area (Å²) in [7, 11) is 1.27. The number of hydrogen-bond acceptors (Lipinski definition) is 6. The van der Waals surface area contributed by atoms with E-state index < -0.39 is 29.3 Å². The Balaban J connectivity index is 1.53. The summed E-state index contributed by atoms with van der Waals surface area (Å²) >= 11 is 12.3. The van der Waals surface area contributed by atoms with Crippen molar-refractivity contribution in [3.8, 4) is 0 Å². The van der Waals surface area contributed by atoms with Gasteiger partial charge in [-0.15, -0.1) is 0 Å². The van der Waals surface area contributed by atoms with Gasteiger partial charge in [0.15, 0.2) is 5.78 Å². The number of benzene rings is 3. The van der Waals surface area contributed by atoms with Crippen LogP contribution in [0.2, 0.25) is 10.0 Å². The van der Waals surface area contributed by atoms with Crippen LogP contribution in [0.3, 0.4) is 0 Å². The Labute approximate surface area is 228 Å². The van der Waals surface area contributed by atoms with Gasteiger partial charge < -0.3 is 15.8 Å². The lowest BCUT2D eigenvalue weighted by Crippen LogP contribution is -2.49. The average molecular weight is 556 g/mol. The zero-order valence-electron chi connectivity index (χ0n) is 20.5. The minimum atomic E-state index is -1.34. The van der Waals surface area contributed by atoms with Gasteiger partial charge in [-0.3, -0.25) is 14.9 Å². The molecule has 2 heterocycles. The summed E-state index contributed by atoms with van der Waals surface area (Å²) in [5, 5.41) is 6.61. The molecular weight excluding hydrogens is 532 g/mol. The Bertz CT molecular complexity index is 1510. The number of nitrogen functional groups attached to an aromatic ring is 1. The lowest BCUT2D eigenvalue weighted by atomic mass is 9.76. The number of esters is 1. The zero-order valence-corrected chi connectivity index (χ0v) is 22.0. The van der Waals surface area contributed by atoms with Crippen LogP contribution in [0.25, 0.3) is 0 Å². The van der Waals surface area contributed by atoms with Crippen molar-refractivity contribution in [2.24, 2.45) is 0 Å². The van der Waals surface area contributed by atoms with Gasteiger partial charge in [0, 0.05) is 45.9 Å². The molecule has 7 nitrogen and oxygen atoms in total. The van der Waals surface area contributed by atoms with Gasteiger partial charge in [-0.25, -0.2) is 9.18 Å². The highest BCUT2D eigenvalue weighted by Crippen LogP contribution is 2.53. The third-order valence-corrected chi connectivity index (χ3v) is 7.91. The third-order valence-electron chi connectivity index (χ3n) is 7.38. The third kappa shape index (κ3) is 4.13. The van der Waals surface area contributed by atoms with E-state index in [1.54, 1.807) is 43.3 Å². The Hall–Kier alpha value is -3.46. The van der Waals surface area contributed by atoms with Crippen LogP contribution in [0.5, 0.6) is 0 Å². The lowest BCUT2D eigenvalue weighted by molar-refractivity contribution is -0.122. The van der Waals surface area contributed by atoms with Crippen LogP contribution >= 0.6 is 23.2 Å². The Kier molecular flexibility index (Phi) is 6.67. The molecule has 0 aliphatic carbocycles. The largest absolute Gasteiger partial charge is 0.465 e. The van der Waals surface area contributed by atoms with Crippen molar-refractivity contribution in [1.82, 2.24) is 5.32 Å². The quantitative estimate of drug-likeness (QED) is 0.221. The van der Waals surface area contributed by atoms with Gasteiger partial charge >= 0.3 is 5.97 Å². The van der Waals surface area contributed by atoms with Gasteiger partial charge in [0.05, 0.1) is 17.7 Å². The summed E-state index contributed by atoms with van der Waals surface area (Å²) in [6, 6.07) is 12.2. The molecule has 4 N–H and O–H groups in total. The second kappa shape index (κ2) is 9.69. The highest BCUT2D eigenvalue weighted by Gasteiger charge is 2.58. The van der Waals surface area contributed by atoms with Crippen molar-refractivity contribution < 1.29 is 23.5 Å². The molecule has 196 valence electrons. The molecule has 0 unspecified atom stereocenters. The van der Waals surface area contributed by atoms with Crippen LogP contribution in [0.15, 0.2) is 48.5 Å². The molecule has 1 spiro atoms. The molecule has 10 heteroatoms. The number of amides is 1. The van der Waals surface area contributed by atoms with Crippen LogP contribution < -0.4 is 16.4 Å². The number of carbonyl (C=O) groups excluding carboxylic acids is 3. The number of fused-ring (bicyclic) bond motifs is 2. The number of carbonyl (C=O) groups is 3. The van der Waals surface area contributed by atoms with Gasteiger partial charge in [-0.1, -0.05) is 41.4 Å². The summed E-state index contributed by atoms with van der Waals surface area (Å²) in [6.45, 7) is 1.69. The van der Waals surface area contributed by atoms with Crippen molar-refractivity contribution in [1.29, 1.82) is 0 Å². The van der Waals surface area contributed by atoms with Crippen LogP contribution in [-0.2, 0) is 15.1 Å². The molecule has 3 aromatic carbocycles. The summed E-state index contributed by atoms with van der Waals surface area (Å²) in [5.74, 6) is -2.48. The predicted octanol–water partition coefficient (Wildman–Crippen LogP) is 5.38. The number of Topliss-reactive ketones (excluding diaryl/α,β-unsaturated/α-hetero) is 1. The Morgan fingerprint density at radius 2 is 1.92 bits per heavy atom. The SMILES string of the molecule is COC(=O)c1cc(N)c(C(=O)C[C@H]2C[C@H](c3cccc(Cl)c3F)[C@@]3(N2)C(=O)Nc2cc(Cl)ccc23)cc1C. The molecule has 1 saturated heterocycles. The fraction of sp³-hybridized carbons (Fsp3) is 0.250. The number of aryl methyl sites for hydroxylation is 1. The molecule has 2 aliphatic rings. The number of rotatable bonds is 5. The molecule has 38 heavy (non-hydrogen) atoms. The highest BCUT2D eigenvalue weighted by atomic mass is 35.5. The van der Waals surface area contributed by atoms with Gasteiger partial charge in [0.25, 0.3) is 0 Å². The molecular formula is C28H24Cl2FN3O4. The molecule has 0 aromatic heterocycles. The standard InChI is InChI=1S/C28H24Cl2FN3O4/c1-13-8-18(22(32)12-17(13)26(36)38-2)24(35)11-15-10-20(16-4-3-5-21(30)25(16)31)28(34-15)19-7-6-14(29)9-23(19)33-27(28)37/h3-9,12,15,20,34H,10-11,32H2,1-2H3,(H,33,37)/t15-,20-,28-/m1/s1. The maximum Gasteiger partial charge on any atom is 0.338 e. The van der Waals surface area contributed by atoms with E-state index in [1.165, 1.54) is 19.2 Å². The maximum absolute atomic E-state index is 15.3. The summed E-state index contributed by atoms with van der Waals surface area (Å²) < 4.78 is 20.1. The van der Waals surface area contributed by atoms with Gasteiger partial charge in [-0.05, 0) is 54.8 Å². The number of halogens is 3. The highest BCUT2D eigenvalue weighted by molar-refractivity contribution is 6.31. The summed E-state index contributed by atoms with van der Waals surface area (Å²) in [6.07, 6.45) is 0.259. The van der Waals surface area contributed by atoms with E-state index in [4.69, 9.17) is 33.7 Å². The van der Waals surface area contributed by atoms with Crippen molar-refractivity contribution in [2.75, 3.05) is 18.2 Å². The normalized spacial score (nSPS) is 21.9. The molecule has 0 bridgehead atoms. The first-order valence-corrected chi connectivity index (χ1v) is 12.7. The number of hydrogen-bond donors (Lipinski definition) is 3. The van der Waals surface area contributed by atoms with E-state index >= 15 is 4.39 Å². The molecule has 1 fully saturated rings. The Morgan fingerprint density at radius 1 is 1.16 bits per heavy atom. The van der Waals surface area contributed by atoms with E-state index in [2.05, 4.69) is 10.6 Å². The zero-order chi connectivity index (χ0) is 27.4. The average Bonchev–Trinajstić information content (AvgIpc) is 3.38. The summed E-state index contributed by atoms with van der Waals surface area (Å²) in [5.41, 5.74) is 7.42. The number of nitrogens with two attached hydrogens (primary N) is 1. The smallest absolute Gasteiger partial charge is 0.338 e. The monoisotopic (exact) mass is 555 g/mol. The second-order valence-corrected chi connectivity index (χ2v) is 10.4. The Morgan fingerprint density at radius 3 is 2.66 bits per heavy atom. The predicted molar refractivity (Wildman–Crippen MR) is 143 cm³/mol. The molecule has 0 radical (unpaired) electrons. The fourth-order valence-corrected chi connectivity index (χ4v) is 6.01. The van der Waals surface area contributed by atoms with E-state index in [1.807, 2.05) is 0 Å². The molecule has 5 rings (SSSR count). The minimum Gasteiger partial charge on any atom is -0.465 e. The van der Waals surface area contributed by atoms with Gasteiger partial charge in [0.2, 0.25) is 5.91 Å². The van der Waals surface area contributed by atoms with Crippen molar-refractivity contribution in [3.05, 3.63) is 92.2 Å². The van der Waals surface area contributed by atoms with Crippen molar-refractivity contribution >= 4 is 52.2 Å². The van der Waals surface area contributed by atoms with Crippen LogP contribution in [0, 0.1) is 12.7 Å². The number of ketones is 1. The van der Waals surface area contributed by atoms with Crippen LogP contribution in [0.4, 0.5) is 15.8 Å². The molecule has 0 saturated carbocycles. The second-order valence-electron chi connectivity index (χ2n) is 9.60. The lowest BCUT2D eigenvalue weighted by Gasteiger charge is -2.30. The minimum absolute atomic E-state index is 0.0160. The number of methoxy groups -OCH3 is 1. The van der Waals surface area contributed by atoms with Crippen LogP contribution in [-0.4, -0.2) is 30.8 Å². The molecule has 1 amide bonds. The first-order valence-electron chi connectivity index (χ1n) is 11.9. The maximum atomic E-state index is 15.3. The van der Waals surface area contributed by atoms with Crippen molar-refractivity contribution in [3.63, 3.8) is 0 Å². The van der Waals surface area contributed by atoms with Gasteiger partial charge in [0.1, 0.15) is 11.4 Å². The van der Waals surface area contributed by atoms with Crippen LogP contribution in [0.1, 0.15) is 56.2 Å². The van der Waals surface area contributed by atoms with Crippen molar-refractivity contribution in [2.45, 2.75) is 37.3 Å². The van der Waals surface area contributed by atoms with E-state index in [0.29, 0.717) is 21.8 Å². The molecule has 3 aromatic rings. The number of ether oxygens (including phenoxy) is 1. The fourth-order valence-electron chi connectivity index (χ4n) is 5.65. The molecule has 2 aliphatic heterocycles.